The van der Waals surface area contributed by atoms with Crippen LogP contribution in [-0.4, -0.2) is 15.4 Å². The van der Waals surface area contributed by atoms with Crippen molar-refractivity contribution in [2.75, 3.05) is 0 Å². The van der Waals surface area contributed by atoms with Gasteiger partial charge in [-0.2, -0.15) is 0 Å². The van der Waals surface area contributed by atoms with Gasteiger partial charge in [-0.3, -0.25) is 9.17 Å². The molecule has 0 aliphatic heterocycles. The molecular weight excluding hydrogens is 214 g/mol. The average Bonchev–Trinajstić information content (AvgIpc) is 2.65. The largest absolute Gasteiger partial charge is 0.478 e. The molecule has 1 aromatic heterocycles. The quantitative estimate of drug-likeness (QED) is 0.812. The predicted octanol–water partition coefficient (Wildman–Crippen LogP) is 1.80. The van der Waals surface area contributed by atoms with Gasteiger partial charge in [0, 0.05) is 6.07 Å². The summed E-state index contributed by atoms with van der Waals surface area (Å²) in [6.45, 7) is 0. The van der Waals surface area contributed by atoms with Crippen LogP contribution in [-0.2, 0) is 0 Å². The van der Waals surface area contributed by atoms with E-state index in [9.17, 15) is 9.59 Å². The molecule has 0 aliphatic carbocycles. The van der Waals surface area contributed by atoms with Crippen molar-refractivity contribution in [3.63, 3.8) is 0 Å². The molecule has 2 N–H and O–H groups in total. The Morgan fingerprint density at radius 1 is 1.27 bits per heavy atom. The molecule has 1 heterocycles. The van der Waals surface area contributed by atoms with Crippen LogP contribution in [0.4, 0.5) is 0 Å². The first-order valence-electron chi connectivity index (χ1n) is 4.19. The van der Waals surface area contributed by atoms with E-state index in [1.165, 1.54) is 29.7 Å². The van der Waals surface area contributed by atoms with Crippen LogP contribution < -0.4 is 5.56 Å². The van der Waals surface area contributed by atoms with Gasteiger partial charge in [0.25, 0.3) is 5.56 Å². The Morgan fingerprint density at radius 3 is 2.40 bits per heavy atom. The molecule has 0 atom stereocenters. The molecule has 2 aromatic rings. The summed E-state index contributed by atoms with van der Waals surface area (Å²) in [6, 6.07) is 7.88. The highest BCUT2D eigenvalue weighted by molar-refractivity contribution is 7.09. The van der Waals surface area contributed by atoms with Crippen LogP contribution in [0.15, 0.2) is 35.1 Å². The van der Waals surface area contributed by atoms with Crippen LogP contribution in [0.25, 0.3) is 10.4 Å². The maximum absolute atomic E-state index is 10.9. The average molecular weight is 221 g/mol. The van der Waals surface area contributed by atoms with E-state index in [1.54, 1.807) is 12.1 Å². The molecule has 0 bridgehead atoms. The summed E-state index contributed by atoms with van der Waals surface area (Å²) < 4.78 is 2.57. The van der Waals surface area contributed by atoms with E-state index in [0.717, 1.165) is 10.4 Å². The first kappa shape index (κ1) is 9.67. The van der Waals surface area contributed by atoms with Crippen LogP contribution in [0.2, 0.25) is 0 Å². The van der Waals surface area contributed by atoms with Gasteiger partial charge < -0.3 is 5.11 Å². The van der Waals surface area contributed by atoms with Crippen LogP contribution in [0.3, 0.4) is 0 Å². The molecule has 0 spiro atoms. The lowest BCUT2D eigenvalue weighted by atomic mass is 10.1. The monoisotopic (exact) mass is 221 g/mol. The second kappa shape index (κ2) is 3.70. The Kier molecular flexibility index (Phi) is 2.39. The summed E-state index contributed by atoms with van der Waals surface area (Å²) in [6.07, 6.45) is 0. The highest BCUT2D eigenvalue weighted by atomic mass is 32.1. The third-order valence-electron chi connectivity index (χ3n) is 1.94. The summed E-state index contributed by atoms with van der Waals surface area (Å²) in [5.41, 5.74) is 0.933. The van der Waals surface area contributed by atoms with Gasteiger partial charge in [-0.05, 0) is 17.7 Å². The van der Waals surface area contributed by atoms with Crippen molar-refractivity contribution in [2.45, 2.75) is 0 Å². The number of hydrogen-bond acceptors (Lipinski definition) is 3. The molecule has 0 amide bonds. The van der Waals surface area contributed by atoms with Gasteiger partial charge in [0.2, 0.25) is 0 Å². The van der Waals surface area contributed by atoms with Crippen molar-refractivity contribution in [2.24, 2.45) is 0 Å². The van der Waals surface area contributed by atoms with Gasteiger partial charge in [-0.1, -0.05) is 23.7 Å². The first-order valence-corrected chi connectivity index (χ1v) is 5.01. The SMILES string of the molecule is O=C(O)c1ccc(-c2cc(=O)[nH]s2)cc1. The number of aromatic nitrogens is 1. The minimum atomic E-state index is -0.955. The van der Waals surface area contributed by atoms with E-state index in [2.05, 4.69) is 4.37 Å². The second-order valence-corrected chi connectivity index (χ2v) is 3.81. The van der Waals surface area contributed by atoms with Gasteiger partial charge in [-0.25, -0.2) is 4.79 Å². The molecule has 0 saturated carbocycles. The maximum Gasteiger partial charge on any atom is 0.335 e. The smallest absolute Gasteiger partial charge is 0.335 e. The summed E-state index contributed by atoms with van der Waals surface area (Å²) in [4.78, 5) is 22.3. The number of rotatable bonds is 2. The minimum Gasteiger partial charge on any atom is -0.478 e. The maximum atomic E-state index is 10.9. The number of aromatic carboxylic acids is 1. The number of H-pyrrole nitrogens is 1. The Labute approximate surface area is 89.0 Å². The van der Waals surface area contributed by atoms with Gasteiger partial charge in [0.1, 0.15) is 0 Å². The van der Waals surface area contributed by atoms with Crippen LogP contribution in [0, 0.1) is 0 Å². The lowest BCUT2D eigenvalue weighted by Gasteiger charge is -1.97. The van der Waals surface area contributed by atoms with E-state index < -0.39 is 5.97 Å². The summed E-state index contributed by atoms with van der Waals surface area (Å²) in [7, 11) is 0. The van der Waals surface area contributed by atoms with Crippen molar-refractivity contribution >= 4 is 17.5 Å². The van der Waals surface area contributed by atoms with Gasteiger partial charge in [-0.15, -0.1) is 0 Å². The molecule has 0 saturated heterocycles. The van der Waals surface area contributed by atoms with Crippen molar-refractivity contribution in [1.82, 2.24) is 4.37 Å². The lowest BCUT2D eigenvalue weighted by Crippen LogP contribution is -1.95. The molecule has 15 heavy (non-hydrogen) atoms. The topological polar surface area (TPSA) is 70.2 Å². The number of carboxylic acid groups (broad SMARTS) is 1. The standard InChI is InChI=1S/C10H7NO3S/c12-9-5-8(15-11-9)6-1-3-7(4-2-6)10(13)14/h1-5H,(H,11,12)(H,13,14). The molecule has 1 aromatic carbocycles. The Balaban J connectivity index is 2.39. The van der Waals surface area contributed by atoms with E-state index in [1.807, 2.05) is 0 Å². The minimum absolute atomic E-state index is 0.141. The van der Waals surface area contributed by atoms with Crippen molar-refractivity contribution < 1.29 is 9.90 Å². The molecule has 2 rings (SSSR count). The molecule has 76 valence electrons. The van der Waals surface area contributed by atoms with Gasteiger partial charge in [0.15, 0.2) is 0 Å². The normalized spacial score (nSPS) is 10.1. The number of benzene rings is 1. The fourth-order valence-corrected chi connectivity index (χ4v) is 1.89. The number of nitrogens with one attached hydrogen (secondary N) is 1. The zero-order valence-electron chi connectivity index (χ0n) is 7.56. The van der Waals surface area contributed by atoms with E-state index in [4.69, 9.17) is 5.11 Å². The highest BCUT2D eigenvalue weighted by Gasteiger charge is 2.04. The number of aromatic amines is 1. The lowest BCUT2D eigenvalue weighted by molar-refractivity contribution is 0.0697. The molecule has 4 nitrogen and oxygen atoms in total. The molecular formula is C10H7NO3S. The van der Waals surface area contributed by atoms with Crippen LogP contribution >= 0.6 is 11.5 Å². The fraction of sp³-hybridized carbons (Fsp3) is 0. The second-order valence-electron chi connectivity index (χ2n) is 2.96. The van der Waals surface area contributed by atoms with Crippen LogP contribution in [0.1, 0.15) is 10.4 Å². The Hall–Kier alpha value is -1.88. The Morgan fingerprint density at radius 2 is 1.93 bits per heavy atom. The third-order valence-corrected chi connectivity index (χ3v) is 2.82. The summed E-state index contributed by atoms with van der Waals surface area (Å²) in [5.74, 6) is -0.955. The fourth-order valence-electron chi connectivity index (χ4n) is 1.20. The highest BCUT2D eigenvalue weighted by Crippen LogP contribution is 2.21. The number of hydrogen-bond donors (Lipinski definition) is 2. The third kappa shape index (κ3) is 1.97. The number of carbonyl (C=O) groups is 1. The van der Waals surface area contributed by atoms with Crippen molar-refractivity contribution in [3.05, 3.63) is 46.2 Å². The molecule has 0 fully saturated rings. The van der Waals surface area contributed by atoms with E-state index >= 15 is 0 Å². The molecule has 5 heteroatoms. The number of carboxylic acids is 1. The van der Waals surface area contributed by atoms with Crippen molar-refractivity contribution in [1.29, 1.82) is 0 Å². The molecule has 0 radical (unpaired) electrons. The van der Waals surface area contributed by atoms with E-state index in [0.29, 0.717) is 0 Å². The zero-order chi connectivity index (χ0) is 10.8. The van der Waals surface area contributed by atoms with E-state index in [-0.39, 0.29) is 11.1 Å². The van der Waals surface area contributed by atoms with Gasteiger partial charge >= 0.3 is 5.97 Å². The zero-order valence-corrected chi connectivity index (χ0v) is 8.38. The molecule has 0 aliphatic rings. The predicted molar refractivity (Wildman–Crippen MR) is 57.3 cm³/mol. The van der Waals surface area contributed by atoms with Crippen molar-refractivity contribution in [3.8, 4) is 10.4 Å². The van der Waals surface area contributed by atoms with Crippen LogP contribution in [0.5, 0.6) is 0 Å². The molecule has 0 unspecified atom stereocenters. The summed E-state index contributed by atoms with van der Waals surface area (Å²) >= 11 is 1.23. The Bertz CT molecular complexity index is 538. The van der Waals surface area contributed by atoms with Gasteiger partial charge in [0.05, 0.1) is 10.4 Å². The summed E-state index contributed by atoms with van der Waals surface area (Å²) in [5, 5.41) is 8.70. The first-order chi connectivity index (χ1) is 7.16.